The van der Waals surface area contributed by atoms with E-state index < -0.39 is 6.23 Å². The van der Waals surface area contributed by atoms with E-state index in [1.807, 2.05) is 84.9 Å². The minimum atomic E-state index is -0.394. The molecule has 3 aromatic carbocycles. The zero-order valence-electron chi connectivity index (χ0n) is 13.6. The van der Waals surface area contributed by atoms with Crippen LogP contribution in [0, 0.1) is 0 Å². The number of para-hydroxylation sites is 2. The highest BCUT2D eigenvalue weighted by atomic mass is 16.5. The lowest BCUT2D eigenvalue weighted by Crippen LogP contribution is -2.15. The summed E-state index contributed by atoms with van der Waals surface area (Å²) in [6.07, 6.45) is 3.63. The predicted molar refractivity (Wildman–Crippen MR) is 99.1 cm³/mol. The maximum Gasteiger partial charge on any atom is 0.213 e. The quantitative estimate of drug-likeness (QED) is 0.532. The third-order valence-corrected chi connectivity index (χ3v) is 3.87. The zero-order chi connectivity index (χ0) is 16.9. The first kappa shape index (κ1) is 15.1. The van der Waals surface area contributed by atoms with Gasteiger partial charge in [-0.15, -0.1) is 5.10 Å². The van der Waals surface area contributed by atoms with Gasteiger partial charge >= 0.3 is 0 Å². The summed E-state index contributed by atoms with van der Waals surface area (Å²) in [6, 6.07) is 27.7. The first-order chi connectivity index (χ1) is 12.4. The lowest BCUT2D eigenvalue weighted by Gasteiger charge is -2.16. The second-order valence-electron chi connectivity index (χ2n) is 5.61. The molecule has 0 aliphatic rings. The van der Waals surface area contributed by atoms with Gasteiger partial charge in [0.05, 0.1) is 5.52 Å². The zero-order valence-corrected chi connectivity index (χ0v) is 13.6. The van der Waals surface area contributed by atoms with E-state index in [0.717, 1.165) is 22.3 Å². The van der Waals surface area contributed by atoms with Gasteiger partial charge in [0.25, 0.3) is 0 Å². The van der Waals surface area contributed by atoms with Gasteiger partial charge in [-0.05, 0) is 35.9 Å². The van der Waals surface area contributed by atoms with Crippen LogP contribution in [0.5, 0.6) is 5.75 Å². The average molecular weight is 327 g/mol. The minimum absolute atomic E-state index is 0.394. The summed E-state index contributed by atoms with van der Waals surface area (Å²) >= 11 is 0. The van der Waals surface area contributed by atoms with Crippen LogP contribution in [-0.4, -0.2) is 15.0 Å². The fraction of sp³-hybridized carbons (Fsp3) is 0.0476. The number of nitrogens with zero attached hydrogens (tertiary/aromatic N) is 3. The van der Waals surface area contributed by atoms with Crippen LogP contribution in [0.25, 0.3) is 17.1 Å². The van der Waals surface area contributed by atoms with E-state index in [-0.39, 0.29) is 0 Å². The number of hydrogen-bond donors (Lipinski definition) is 0. The fourth-order valence-electron chi connectivity index (χ4n) is 2.64. The van der Waals surface area contributed by atoms with Gasteiger partial charge in [-0.25, -0.2) is 4.68 Å². The monoisotopic (exact) mass is 327 g/mol. The van der Waals surface area contributed by atoms with Gasteiger partial charge in [-0.3, -0.25) is 0 Å². The maximum atomic E-state index is 6.16. The van der Waals surface area contributed by atoms with E-state index in [4.69, 9.17) is 4.74 Å². The molecule has 0 radical (unpaired) electrons. The Labute approximate surface area is 146 Å². The first-order valence-electron chi connectivity index (χ1n) is 8.15. The maximum absolute atomic E-state index is 6.16. The second kappa shape index (κ2) is 7.01. The van der Waals surface area contributed by atoms with Gasteiger partial charge in [-0.2, -0.15) is 0 Å². The Balaban J connectivity index is 1.71. The molecule has 0 fully saturated rings. The second-order valence-corrected chi connectivity index (χ2v) is 5.61. The molecule has 1 aromatic heterocycles. The molecule has 0 spiro atoms. The van der Waals surface area contributed by atoms with E-state index in [1.165, 1.54) is 0 Å². The van der Waals surface area contributed by atoms with Crippen molar-refractivity contribution in [1.82, 2.24) is 15.0 Å². The topological polar surface area (TPSA) is 39.9 Å². The van der Waals surface area contributed by atoms with Gasteiger partial charge in [0.15, 0.2) is 0 Å². The van der Waals surface area contributed by atoms with E-state index in [9.17, 15) is 0 Å². The minimum Gasteiger partial charge on any atom is -0.465 e. The first-order valence-corrected chi connectivity index (χ1v) is 8.15. The standard InChI is InChI=1S/C21H17N3O/c1-3-9-17(10-4-1)15-16-21(25-18-11-5-2-6-12-18)24-20-14-8-7-13-19(20)22-23-24/h1-16,21H/b16-15+. The van der Waals surface area contributed by atoms with Crippen molar-refractivity contribution in [2.75, 3.05) is 0 Å². The molecule has 0 amide bonds. The number of benzene rings is 3. The Bertz CT molecular complexity index is 978. The Morgan fingerprint density at radius 2 is 1.48 bits per heavy atom. The SMILES string of the molecule is C(=C\C(Oc1ccccc1)n1nnc2ccccc21)/c1ccccc1. The molecule has 1 heterocycles. The van der Waals surface area contributed by atoms with Crippen LogP contribution >= 0.6 is 0 Å². The summed E-state index contributed by atoms with van der Waals surface area (Å²) in [5.74, 6) is 0.782. The molecule has 0 N–H and O–H groups in total. The lowest BCUT2D eigenvalue weighted by atomic mass is 10.2. The van der Waals surface area contributed by atoms with Gasteiger partial charge in [0, 0.05) is 0 Å². The van der Waals surface area contributed by atoms with Crippen molar-refractivity contribution in [3.05, 3.63) is 96.6 Å². The van der Waals surface area contributed by atoms with Crippen molar-refractivity contribution in [3.63, 3.8) is 0 Å². The fourth-order valence-corrected chi connectivity index (χ4v) is 2.64. The number of rotatable bonds is 5. The Morgan fingerprint density at radius 3 is 2.28 bits per heavy atom. The molecular formula is C21H17N3O. The van der Waals surface area contributed by atoms with Gasteiger partial charge in [0.1, 0.15) is 11.3 Å². The molecule has 1 unspecified atom stereocenters. The van der Waals surface area contributed by atoms with Crippen LogP contribution in [-0.2, 0) is 0 Å². The molecule has 122 valence electrons. The summed E-state index contributed by atoms with van der Waals surface area (Å²) < 4.78 is 7.96. The van der Waals surface area contributed by atoms with Crippen molar-refractivity contribution < 1.29 is 4.74 Å². The highest BCUT2D eigenvalue weighted by molar-refractivity contribution is 5.74. The number of ether oxygens (including phenoxy) is 1. The molecule has 0 aliphatic carbocycles. The predicted octanol–water partition coefficient (Wildman–Crippen LogP) is 4.72. The van der Waals surface area contributed by atoms with Gasteiger partial charge in [0.2, 0.25) is 6.23 Å². The van der Waals surface area contributed by atoms with Crippen molar-refractivity contribution in [1.29, 1.82) is 0 Å². The number of aromatic nitrogens is 3. The largest absolute Gasteiger partial charge is 0.465 e. The molecule has 25 heavy (non-hydrogen) atoms. The lowest BCUT2D eigenvalue weighted by molar-refractivity contribution is 0.170. The van der Waals surface area contributed by atoms with Crippen molar-refractivity contribution >= 4 is 17.1 Å². The molecule has 0 bridgehead atoms. The molecule has 4 aromatic rings. The summed E-state index contributed by atoms with van der Waals surface area (Å²) in [5.41, 5.74) is 2.88. The van der Waals surface area contributed by atoms with Gasteiger partial charge in [-0.1, -0.05) is 72.0 Å². The van der Waals surface area contributed by atoms with Crippen molar-refractivity contribution in [2.45, 2.75) is 6.23 Å². The van der Waals surface area contributed by atoms with Crippen LogP contribution < -0.4 is 4.74 Å². The molecule has 0 aliphatic heterocycles. The molecular weight excluding hydrogens is 310 g/mol. The Morgan fingerprint density at radius 1 is 0.800 bits per heavy atom. The van der Waals surface area contributed by atoms with Crippen LogP contribution in [0.4, 0.5) is 0 Å². The Hall–Kier alpha value is -3.40. The van der Waals surface area contributed by atoms with Crippen LogP contribution in [0.1, 0.15) is 11.8 Å². The average Bonchev–Trinajstić information content (AvgIpc) is 3.11. The van der Waals surface area contributed by atoms with E-state index in [2.05, 4.69) is 22.4 Å². The van der Waals surface area contributed by atoms with E-state index in [1.54, 1.807) is 4.68 Å². The van der Waals surface area contributed by atoms with Crippen molar-refractivity contribution in [3.8, 4) is 5.75 Å². The molecule has 0 saturated heterocycles. The smallest absolute Gasteiger partial charge is 0.213 e. The van der Waals surface area contributed by atoms with E-state index in [0.29, 0.717) is 0 Å². The number of fused-ring (bicyclic) bond motifs is 1. The van der Waals surface area contributed by atoms with E-state index >= 15 is 0 Å². The molecule has 4 rings (SSSR count). The van der Waals surface area contributed by atoms with Crippen molar-refractivity contribution in [2.24, 2.45) is 0 Å². The van der Waals surface area contributed by atoms with Crippen LogP contribution in [0.2, 0.25) is 0 Å². The molecule has 4 heteroatoms. The highest BCUT2D eigenvalue weighted by Gasteiger charge is 2.14. The molecule has 0 saturated carbocycles. The molecule has 4 nitrogen and oxygen atoms in total. The summed E-state index contributed by atoms with van der Waals surface area (Å²) in [5, 5.41) is 8.53. The molecule has 1 atom stereocenters. The summed E-state index contributed by atoms with van der Waals surface area (Å²) in [7, 11) is 0. The third kappa shape index (κ3) is 3.43. The summed E-state index contributed by atoms with van der Waals surface area (Å²) in [6.45, 7) is 0. The summed E-state index contributed by atoms with van der Waals surface area (Å²) in [4.78, 5) is 0. The van der Waals surface area contributed by atoms with Crippen LogP contribution in [0.15, 0.2) is 91.0 Å². The Kier molecular flexibility index (Phi) is 4.25. The van der Waals surface area contributed by atoms with Gasteiger partial charge < -0.3 is 4.74 Å². The van der Waals surface area contributed by atoms with Crippen LogP contribution in [0.3, 0.4) is 0 Å². The third-order valence-electron chi connectivity index (χ3n) is 3.87. The highest BCUT2D eigenvalue weighted by Crippen LogP contribution is 2.22. The normalized spacial score (nSPS) is 12.5. The number of hydrogen-bond acceptors (Lipinski definition) is 3.